The summed E-state index contributed by atoms with van der Waals surface area (Å²) < 4.78 is 36.3. The number of nitrogens with one attached hydrogen (secondary N) is 2. The number of amides is 2. The highest BCUT2D eigenvalue weighted by Crippen LogP contribution is 2.26. The van der Waals surface area contributed by atoms with Crippen molar-refractivity contribution >= 4 is 33.2 Å². The topological polar surface area (TPSA) is 114 Å². The number of thiophene rings is 1. The number of likely N-dealkylation sites (N-methyl/N-ethyl adjacent to an activating group) is 1. The van der Waals surface area contributed by atoms with Gasteiger partial charge < -0.3 is 9.47 Å². The van der Waals surface area contributed by atoms with Crippen molar-refractivity contribution in [3.63, 3.8) is 0 Å². The molecule has 28 heavy (non-hydrogen) atoms. The number of hydrogen-bond acceptors (Lipinski definition) is 7. The number of carbonyl (C=O) groups is 2. The third-order valence-electron chi connectivity index (χ3n) is 3.38. The van der Waals surface area contributed by atoms with Crippen molar-refractivity contribution in [2.24, 2.45) is 0 Å². The number of sulfonamides is 1. The zero-order valence-electron chi connectivity index (χ0n) is 15.4. The molecule has 0 bridgehead atoms. The number of hydrogen-bond donors (Lipinski definition) is 2. The molecule has 0 aliphatic carbocycles. The zero-order valence-corrected chi connectivity index (χ0v) is 17.0. The molecule has 2 aromatic rings. The third kappa shape index (κ3) is 5.94. The fourth-order valence-corrected chi connectivity index (χ4v) is 4.38. The molecule has 2 amide bonds. The second-order valence-electron chi connectivity index (χ2n) is 5.46. The van der Waals surface area contributed by atoms with Crippen molar-refractivity contribution in [1.29, 1.82) is 0 Å². The highest BCUT2D eigenvalue weighted by molar-refractivity contribution is 7.91. The van der Waals surface area contributed by atoms with E-state index in [4.69, 9.17) is 9.47 Å². The van der Waals surface area contributed by atoms with Crippen molar-refractivity contribution in [3.05, 3.63) is 41.8 Å². The maximum atomic E-state index is 12.2. The van der Waals surface area contributed by atoms with Gasteiger partial charge in [-0.1, -0.05) is 18.2 Å². The van der Waals surface area contributed by atoms with Gasteiger partial charge in [-0.15, -0.1) is 11.3 Å². The average molecular weight is 428 g/mol. The van der Waals surface area contributed by atoms with Crippen LogP contribution in [0.2, 0.25) is 0 Å². The average Bonchev–Trinajstić information content (AvgIpc) is 3.21. The van der Waals surface area contributed by atoms with Gasteiger partial charge in [-0.2, -0.15) is 4.31 Å². The van der Waals surface area contributed by atoms with E-state index in [0.29, 0.717) is 18.1 Å². The molecule has 0 aliphatic rings. The monoisotopic (exact) mass is 427 g/mol. The van der Waals surface area contributed by atoms with Crippen LogP contribution < -0.4 is 20.3 Å². The van der Waals surface area contributed by atoms with Crippen LogP contribution in [0.15, 0.2) is 46.0 Å². The van der Waals surface area contributed by atoms with Crippen molar-refractivity contribution in [2.75, 3.05) is 26.8 Å². The Morgan fingerprint density at radius 3 is 2.29 bits per heavy atom. The molecular weight excluding hydrogens is 406 g/mol. The van der Waals surface area contributed by atoms with Gasteiger partial charge in [0.15, 0.2) is 18.1 Å². The maximum absolute atomic E-state index is 12.2. The largest absolute Gasteiger partial charge is 0.490 e. The molecule has 1 heterocycles. The summed E-state index contributed by atoms with van der Waals surface area (Å²) in [6.45, 7) is 1.47. The van der Waals surface area contributed by atoms with Crippen LogP contribution in [0.3, 0.4) is 0 Å². The summed E-state index contributed by atoms with van der Waals surface area (Å²) in [7, 11) is -2.46. The van der Waals surface area contributed by atoms with E-state index in [1.165, 1.54) is 13.1 Å². The molecule has 0 spiro atoms. The van der Waals surface area contributed by atoms with Crippen LogP contribution in [0.25, 0.3) is 0 Å². The van der Waals surface area contributed by atoms with E-state index in [2.05, 4.69) is 10.9 Å². The molecule has 0 aliphatic heterocycles. The van der Waals surface area contributed by atoms with E-state index in [0.717, 1.165) is 15.6 Å². The number of nitrogens with zero attached hydrogens (tertiary/aromatic N) is 1. The normalized spacial score (nSPS) is 11.1. The first-order valence-corrected chi connectivity index (χ1v) is 10.6. The minimum absolute atomic E-state index is 0.133. The van der Waals surface area contributed by atoms with Crippen LogP contribution in [0, 0.1) is 0 Å². The number of hydrazine groups is 1. The van der Waals surface area contributed by atoms with Crippen LogP contribution in [0.4, 0.5) is 0 Å². The van der Waals surface area contributed by atoms with Crippen molar-refractivity contribution in [2.45, 2.75) is 11.1 Å². The Bertz CT molecular complexity index is 899. The number of benzene rings is 1. The highest BCUT2D eigenvalue weighted by Gasteiger charge is 2.23. The van der Waals surface area contributed by atoms with Gasteiger partial charge in [0.1, 0.15) is 4.21 Å². The van der Waals surface area contributed by atoms with E-state index in [1.54, 1.807) is 35.7 Å². The summed E-state index contributed by atoms with van der Waals surface area (Å²) >= 11 is 1.05. The summed E-state index contributed by atoms with van der Waals surface area (Å²) in [5, 5.41) is 1.63. The Hall–Kier alpha value is -2.63. The lowest BCUT2D eigenvalue weighted by Crippen LogP contribution is -2.48. The molecule has 0 atom stereocenters. The Morgan fingerprint density at radius 1 is 1.04 bits per heavy atom. The van der Waals surface area contributed by atoms with Crippen LogP contribution in [-0.4, -0.2) is 51.3 Å². The quantitative estimate of drug-likeness (QED) is 0.577. The Morgan fingerprint density at radius 2 is 1.68 bits per heavy atom. The number of ether oxygens (including phenoxy) is 2. The first-order chi connectivity index (χ1) is 13.3. The number of para-hydroxylation sites is 2. The van der Waals surface area contributed by atoms with Gasteiger partial charge >= 0.3 is 0 Å². The fraction of sp³-hybridized carbons (Fsp3) is 0.294. The molecule has 0 saturated heterocycles. The summed E-state index contributed by atoms with van der Waals surface area (Å²) in [6, 6.07) is 9.94. The molecule has 2 rings (SSSR count). The second-order valence-corrected chi connectivity index (χ2v) is 8.68. The molecule has 0 unspecified atom stereocenters. The van der Waals surface area contributed by atoms with E-state index >= 15 is 0 Å². The third-order valence-corrected chi connectivity index (χ3v) is 6.55. The zero-order chi connectivity index (χ0) is 20.6. The lowest BCUT2D eigenvalue weighted by molar-refractivity contribution is -0.130. The van der Waals surface area contributed by atoms with Gasteiger partial charge in [0, 0.05) is 7.05 Å². The Labute approximate surface area is 167 Å². The van der Waals surface area contributed by atoms with Crippen molar-refractivity contribution in [3.8, 4) is 11.5 Å². The second kappa shape index (κ2) is 10.1. The van der Waals surface area contributed by atoms with Crippen LogP contribution in [-0.2, 0) is 19.6 Å². The summed E-state index contributed by atoms with van der Waals surface area (Å²) in [5.41, 5.74) is 4.33. The highest BCUT2D eigenvalue weighted by atomic mass is 32.2. The predicted octanol–water partition coefficient (Wildman–Crippen LogP) is 0.994. The van der Waals surface area contributed by atoms with Crippen molar-refractivity contribution in [1.82, 2.24) is 15.2 Å². The van der Waals surface area contributed by atoms with Gasteiger partial charge in [0.05, 0.1) is 13.2 Å². The SMILES string of the molecule is CCOc1ccccc1OCC(=O)NNC(=O)CN(C)S(=O)(=O)c1cccs1. The van der Waals surface area contributed by atoms with E-state index < -0.39 is 28.4 Å². The van der Waals surface area contributed by atoms with Gasteiger partial charge in [0.25, 0.3) is 21.8 Å². The Kier molecular flexibility index (Phi) is 7.79. The molecule has 9 nitrogen and oxygen atoms in total. The van der Waals surface area contributed by atoms with Crippen LogP contribution in [0.1, 0.15) is 6.92 Å². The lowest BCUT2D eigenvalue weighted by atomic mass is 10.3. The first-order valence-electron chi connectivity index (χ1n) is 8.26. The maximum Gasteiger partial charge on any atom is 0.276 e. The summed E-state index contributed by atoms with van der Waals surface area (Å²) in [5.74, 6) is -0.399. The van der Waals surface area contributed by atoms with Gasteiger partial charge in [-0.25, -0.2) is 8.42 Å². The molecule has 0 radical (unpaired) electrons. The predicted molar refractivity (Wildman–Crippen MR) is 104 cm³/mol. The molecule has 1 aromatic heterocycles. The molecule has 0 fully saturated rings. The van der Waals surface area contributed by atoms with Gasteiger partial charge in [-0.3, -0.25) is 20.4 Å². The fourth-order valence-electron chi connectivity index (χ4n) is 2.05. The smallest absolute Gasteiger partial charge is 0.276 e. The first kappa shape index (κ1) is 21.7. The van der Waals surface area contributed by atoms with Gasteiger partial charge in [0.2, 0.25) is 0 Å². The van der Waals surface area contributed by atoms with Crippen molar-refractivity contribution < 1.29 is 27.5 Å². The van der Waals surface area contributed by atoms with Gasteiger partial charge in [-0.05, 0) is 30.5 Å². The molecule has 1 aromatic carbocycles. The van der Waals surface area contributed by atoms with Crippen LogP contribution >= 0.6 is 11.3 Å². The minimum atomic E-state index is -3.75. The van der Waals surface area contributed by atoms with E-state index in [-0.39, 0.29) is 10.8 Å². The lowest BCUT2D eigenvalue weighted by Gasteiger charge is -2.16. The summed E-state index contributed by atoms with van der Waals surface area (Å²) in [4.78, 5) is 23.7. The van der Waals surface area contributed by atoms with E-state index in [1.807, 2.05) is 6.92 Å². The molecule has 0 saturated carbocycles. The molecule has 11 heteroatoms. The Balaban J connectivity index is 1.79. The summed E-state index contributed by atoms with van der Waals surface area (Å²) in [6.07, 6.45) is 0. The standard InChI is InChI=1S/C17H21N3O6S2/c1-3-25-13-7-4-5-8-14(13)26-12-16(22)19-18-15(21)11-20(2)28(23,24)17-9-6-10-27-17/h4-10H,3,11-12H2,1-2H3,(H,18,21)(H,19,22). The number of carbonyl (C=O) groups excluding carboxylic acids is 2. The van der Waals surface area contributed by atoms with E-state index in [9.17, 15) is 18.0 Å². The molecule has 2 N–H and O–H groups in total. The number of rotatable bonds is 9. The molecule has 152 valence electrons. The van der Waals surface area contributed by atoms with Crippen LogP contribution in [0.5, 0.6) is 11.5 Å². The molecular formula is C17H21N3O6S2. The minimum Gasteiger partial charge on any atom is -0.490 e.